The maximum absolute atomic E-state index is 5.07. The molecule has 4 heteroatoms. The molecule has 0 saturated carbocycles. The van der Waals surface area contributed by atoms with Crippen LogP contribution in [0.2, 0.25) is 0 Å². The Morgan fingerprint density at radius 1 is 1.09 bits per heavy atom. The minimum atomic E-state index is 0.692. The predicted octanol–water partition coefficient (Wildman–Crippen LogP) is 1.20. The molecule has 4 nitrogen and oxygen atoms in total. The lowest BCUT2D eigenvalue weighted by Crippen LogP contribution is -1.96. The van der Waals surface area contributed by atoms with Crippen LogP contribution < -0.4 is 16.0 Å². The van der Waals surface area contributed by atoms with E-state index in [1.165, 1.54) is 0 Å². The zero-order valence-electron chi connectivity index (χ0n) is 6.91. The maximum atomic E-state index is 5.07. The molecule has 0 unspecified atom stereocenters. The quantitative estimate of drug-likeness (QED) is 0.612. The molecule has 1 heterocycles. The van der Waals surface area contributed by atoms with Gasteiger partial charge in [0.05, 0.1) is 0 Å². The average Bonchev–Trinajstić information content (AvgIpc) is 2.45. The van der Waals surface area contributed by atoms with Crippen molar-refractivity contribution in [3.05, 3.63) is 6.26 Å². The molecule has 11 heavy (non-hydrogen) atoms. The Bertz CT molecular complexity index is 210. The fourth-order valence-corrected chi connectivity index (χ4v) is 0.908. The van der Waals surface area contributed by atoms with Crippen LogP contribution in [0, 0.1) is 6.26 Å². The van der Waals surface area contributed by atoms with E-state index in [0.717, 1.165) is 11.4 Å². The van der Waals surface area contributed by atoms with E-state index in [-0.39, 0.29) is 0 Å². The highest BCUT2D eigenvalue weighted by molar-refractivity contribution is 5.78. The largest absolute Gasteiger partial charge is 0.433 e. The molecule has 0 aliphatic rings. The number of furan rings is 1. The minimum Gasteiger partial charge on any atom is -0.433 e. The Morgan fingerprint density at radius 3 is 2.27 bits per heavy atom. The van der Waals surface area contributed by atoms with Crippen LogP contribution in [-0.4, -0.2) is 21.1 Å². The molecule has 1 aromatic rings. The first-order valence-corrected chi connectivity index (χ1v) is 3.41. The van der Waals surface area contributed by atoms with Crippen LogP contribution in [0.3, 0.4) is 0 Å². The molecule has 0 spiro atoms. The lowest BCUT2D eigenvalue weighted by molar-refractivity contribution is 0.575. The SMILES string of the molecule is CNc1[c]oc(NC)c1NC. The first kappa shape index (κ1) is 7.78. The molecule has 61 valence electrons. The summed E-state index contributed by atoms with van der Waals surface area (Å²) in [5.74, 6) is 0.692. The third kappa shape index (κ3) is 1.24. The summed E-state index contributed by atoms with van der Waals surface area (Å²) in [6.07, 6.45) is 2.71. The van der Waals surface area contributed by atoms with E-state index in [9.17, 15) is 0 Å². The van der Waals surface area contributed by atoms with Gasteiger partial charge < -0.3 is 20.4 Å². The van der Waals surface area contributed by atoms with Crippen molar-refractivity contribution in [3.8, 4) is 0 Å². The van der Waals surface area contributed by atoms with Crippen LogP contribution in [0.25, 0.3) is 0 Å². The van der Waals surface area contributed by atoms with E-state index >= 15 is 0 Å². The van der Waals surface area contributed by atoms with E-state index in [1.807, 2.05) is 14.1 Å². The lowest BCUT2D eigenvalue weighted by Gasteiger charge is -2.02. The van der Waals surface area contributed by atoms with E-state index in [0.29, 0.717) is 5.88 Å². The summed E-state index contributed by atoms with van der Waals surface area (Å²) >= 11 is 0. The molecule has 0 aromatic carbocycles. The molecule has 0 amide bonds. The summed E-state index contributed by atoms with van der Waals surface area (Å²) in [5.41, 5.74) is 1.73. The predicted molar refractivity (Wildman–Crippen MR) is 46.2 cm³/mol. The summed E-state index contributed by atoms with van der Waals surface area (Å²) in [6, 6.07) is 0. The number of rotatable bonds is 3. The topological polar surface area (TPSA) is 49.2 Å². The Balaban J connectivity index is 2.99. The number of hydrogen-bond acceptors (Lipinski definition) is 4. The molecule has 0 saturated heterocycles. The van der Waals surface area contributed by atoms with Gasteiger partial charge in [-0.05, 0) is 0 Å². The van der Waals surface area contributed by atoms with Crippen molar-refractivity contribution in [2.24, 2.45) is 0 Å². The van der Waals surface area contributed by atoms with Gasteiger partial charge in [0.15, 0.2) is 6.26 Å². The first-order valence-electron chi connectivity index (χ1n) is 3.41. The van der Waals surface area contributed by atoms with Crippen LogP contribution in [0.5, 0.6) is 0 Å². The van der Waals surface area contributed by atoms with Crippen LogP contribution in [0.15, 0.2) is 4.42 Å². The zero-order valence-corrected chi connectivity index (χ0v) is 6.91. The fraction of sp³-hybridized carbons (Fsp3) is 0.429. The second-order valence-corrected chi connectivity index (χ2v) is 2.03. The summed E-state index contributed by atoms with van der Waals surface area (Å²) in [7, 11) is 5.45. The summed E-state index contributed by atoms with van der Waals surface area (Å²) in [6.45, 7) is 0. The molecule has 1 rings (SSSR count). The van der Waals surface area contributed by atoms with Gasteiger partial charge in [0.1, 0.15) is 11.4 Å². The number of hydrogen-bond donors (Lipinski definition) is 3. The van der Waals surface area contributed by atoms with Gasteiger partial charge in [0, 0.05) is 21.1 Å². The smallest absolute Gasteiger partial charge is 0.219 e. The third-order valence-electron chi connectivity index (χ3n) is 1.46. The second kappa shape index (κ2) is 3.18. The number of nitrogens with one attached hydrogen (secondary N) is 3. The zero-order chi connectivity index (χ0) is 8.27. The third-order valence-corrected chi connectivity index (χ3v) is 1.46. The normalized spacial score (nSPS) is 9.36. The van der Waals surface area contributed by atoms with E-state index in [4.69, 9.17) is 4.42 Å². The molecule has 1 radical (unpaired) electrons. The Kier molecular flexibility index (Phi) is 2.25. The molecule has 3 N–H and O–H groups in total. The van der Waals surface area contributed by atoms with E-state index < -0.39 is 0 Å². The standard InChI is InChI=1S/C7H12N3O/c1-8-5-4-11-7(10-3)6(5)9-2/h8-10H,1-3H3. The molecule has 0 bridgehead atoms. The van der Waals surface area contributed by atoms with Crippen LogP contribution in [0.4, 0.5) is 17.3 Å². The van der Waals surface area contributed by atoms with Crippen molar-refractivity contribution >= 4 is 17.3 Å². The summed E-state index contributed by atoms with van der Waals surface area (Å²) in [5, 5.41) is 8.85. The molecule has 0 aliphatic heterocycles. The Morgan fingerprint density at radius 2 is 1.82 bits per heavy atom. The van der Waals surface area contributed by atoms with Gasteiger partial charge in [0.2, 0.25) is 5.88 Å². The van der Waals surface area contributed by atoms with Crippen LogP contribution >= 0.6 is 0 Å². The average molecular weight is 154 g/mol. The monoisotopic (exact) mass is 154 g/mol. The maximum Gasteiger partial charge on any atom is 0.219 e. The molecule has 0 fully saturated rings. The summed E-state index contributed by atoms with van der Waals surface area (Å²) < 4.78 is 5.07. The van der Waals surface area contributed by atoms with Crippen LogP contribution in [0.1, 0.15) is 0 Å². The molecule has 0 atom stereocenters. The Labute approximate surface area is 66.0 Å². The Hall–Kier alpha value is -1.32. The van der Waals surface area contributed by atoms with Gasteiger partial charge in [-0.1, -0.05) is 0 Å². The first-order chi connectivity index (χ1) is 5.33. The van der Waals surface area contributed by atoms with Crippen molar-refractivity contribution < 1.29 is 4.42 Å². The molecular formula is C7H12N3O. The molecular weight excluding hydrogens is 142 g/mol. The van der Waals surface area contributed by atoms with Crippen molar-refractivity contribution in [1.82, 2.24) is 0 Å². The highest BCUT2D eigenvalue weighted by atomic mass is 16.3. The van der Waals surface area contributed by atoms with Gasteiger partial charge in [-0.15, -0.1) is 0 Å². The van der Waals surface area contributed by atoms with Gasteiger partial charge in [-0.2, -0.15) is 0 Å². The number of anilines is 3. The van der Waals surface area contributed by atoms with Crippen molar-refractivity contribution in [2.45, 2.75) is 0 Å². The van der Waals surface area contributed by atoms with E-state index in [1.54, 1.807) is 7.05 Å². The van der Waals surface area contributed by atoms with Crippen molar-refractivity contribution in [3.63, 3.8) is 0 Å². The van der Waals surface area contributed by atoms with Crippen molar-refractivity contribution in [1.29, 1.82) is 0 Å². The second-order valence-electron chi connectivity index (χ2n) is 2.03. The molecule has 1 aromatic heterocycles. The fourth-order valence-electron chi connectivity index (χ4n) is 0.908. The van der Waals surface area contributed by atoms with Crippen molar-refractivity contribution in [2.75, 3.05) is 37.1 Å². The highest BCUT2D eigenvalue weighted by Crippen LogP contribution is 2.30. The highest BCUT2D eigenvalue weighted by Gasteiger charge is 2.09. The lowest BCUT2D eigenvalue weighted by atomic mass is 10.4. The summed E-state index contributed by atoms with van der Waals surface area (Å²) in [4.78, 5) is 0. The van der Waals surface area contributed by atoms with Gasteiger partial charge in [0.25, 0.3) is 0 Å². The van der Waals surface area contributed by atoms with Gasteiger partial charge in [-0.3, -0.25) is 0 Å². The van der Waals surface area contributed by atoms with E-state index in [2.05, 4.69) is 22.2 Å². The van der Waals surface area contributed by atoms with Gasteiger partial charge >= 0.3 is 0 Å². The van der Waals surface area contributed by atoms with Gasteiger partial charge in [-0.25, -0.2) is 0 Å². The minimum absolute atomic E-state index is 0.692. The molecule has 0 aliphatic carbocycles. The van der Waals surface area contributed by atoms with Crippen LogP contribution in [-0.2, 0) is 0 Å².